The molecule has 52 heavy (non-hydrogen) atoms. The smallest absolute Gasteiger partial charge is 0.164 e. The van der Waals surface area contributed by atoms with Gasteiger partial charge in [-0.1, -0.05) is 159 Å². The molecule has 0 bridgehead atoms. The van der Waals surface area contributed by atoms with Gasteiger partial charge in [0, 0.05) is 22.1 Å². The van der Waals surface area contributed by atoms with E-state index in [-0.39, 0.29) is 5.41 Å². The maximum atomic E-state index is 5.18. The van der Waals surface area contributed by atoms with E-state index in [1.54, 1.807) is 0 Å². The molecule has 0 amide bonds. The predicted molar refractivity (Wildman–Crippen MR) is 213 cm³/mol. The number of nitrogens with zero attached hydrogens (tertiary/aromatic N) is 3. The van der Waals surface area contributed by atoms with Crippen LogP contribution in [0.1, 0.15) is 36.1 Å². The van der Waals surface area contributed by atoms with E-state index in [1.807, 2.05) is 12.1 Å². The summed E-state index contributed by atoms with van der Waals surface area (Å²) in [6.45, 7) is 4.75. The molecule has 1 aromatic heterocycles. The number of hydrogen-bond acceptors (Lipinski definition) is 3. The molecular formula is C49H35N3. The van der Waals surface area contributed by atoms with Gasteiger partial charge in [0.05, 0.1) is 0 Å². The van der Waals surface area contributed by atoms with Gasteiger partial charge < -0.3 is 0 Å². The van der Waals surface area contributed by atoms with E-state index >= 15 is 0 Å². The van der Waals surface area contributed by atoms with Crippen molar-refractivity contribution in [1.29, 1.82) is 0 Å². The molecule has 246 valence electrons. The van der Waals surface area contributed by atoms with Gasteiger partial charge in [-0.05, 0) is 91.4 Å². The summed E-state index contributed by atoms with van der Waals surface area (Å²) in [5.74, 6) is 1.99. The molecule has 3 nitrogen and oxygen atoms in total. The fourth-order valence-electron chi connectivity index (χ4n) is 8.45. The third-order valence-corrected chi connectivity index (χ3v) is 10.9. The van der Waals surface area contributed by atoms with Gasteiger partial charge in [-0.3, -0.25) is 0 Å². The fraction of sp³-hybridized carbons (Fsp3) is 0.0816. The largest absolute Gasteiger partial charge is 0.208 e. The molecule has 0 aliphatic heterocycles. The van der Waals surface area contributed by atoms with Crippen LogP contribution >= 0.6 is 0 Å². The van der Waals surface area contributed by atoms with Crippen molar-refractivity contribution in [3.63, 3.8) is 0 Å². The predicted octanol–water partition coefficient (Wildman–Crippen LogP) is 12.1. The third-order valence-electron chi connectivity index (χ3n) is 10.9. The van der Waals surface area contributed by atoms with E-state index in [9.17, 15) is 0 Å². The van der Waals surface area contributed by atoms with E-state index in [0.29, 0.717) is 17.5 Å². The zero-order valence-electron chi connectivity index (χ0n) is 29.1. The maximum absolute atomic E-state index is 5.18. The molecule has 2 aliphatic rings. The molecule has 0 saturated heterocycles. The Hall–Kier alpha value is -6.45. The second-order valence-electron chi connectivity index (χ2n) is 14.4. The highest BCUT2D eigenvalue weighted by Crippen LogP contribution is 2.54. The zero-order valence-corrected chi connectivity index (χ0v) is 29.1. The number of rotatable bonds is 5. The molecule has 0 N–H and O–H groups in total. The summed E-state index contributed by atoms with van der Waals surface area (Å²) in [5, 5.41) is 0. The van der Waals surface area contributed by atoms with Crippen LogP contribution < -0.4 is 0 Å². The molecule has 0 saturated carbocycles. The van der Waals surface area contributed by atoms with Crippen LogP contribution in [0, 0.1) is 0 Å². The Labute approximate surface area is 304 Å². The van der Waals surface area contributed by atoms with Gasteiger partial charge in [-0.15, -0.1) is 0 Å². The fourth-order valence-corrected chi connectivity index (χ4v) is 8.45. The summed E-state index contributed by atoms with van der Waals surface area (Å²) in [6.07, 6.45) is 0.891. The lowest BCUT2D eigenvalue weighted by Gasteiger charge is -2.24. The SMILES string of the molecule is CC1(C)c2ccccc2-c2ccc3c(c21)Cc1cc(-c2nc(-c4cccc(-c5ccccc5)c4)nc(-c4cccc(-c5ccccc5)c4)n2)ccc1-3. The lowest BCUT2D eigenvalue weighted by atomic mass is 9.79. The van der Waals surface area contributed by atoms with Gasteiger partial charge in [0.1, 0.15) is 0 Å². The van der Waals surface area contributed by atoms with Crippen LogP contribution in [0.5, 0.6) is 0 Å². The van der Waals surface area contributed by atoms with E-state index in [1.165, 1.54) is 44.5 Å². The minimum absolute atomic E-state index is 0.0528. The molecule has 10 rings (SSSR count). The maximum Gasteiger partial charge on any atom is 0.164 e. The molecule has 0 atom stereocenters. The second kappa shape index (κ2) is 11.8. The van der Waals surface area contributed by atoms with Crippen LogP contribution in [-0.4, -0.2) is 15.0 Å². The van der Waals surface area contributed by atoms with Crippen molar-refractivity contribution in [2.45, 2.75) is 25.7 Å². The van der Waals surface area contributed by atoms with Gasteiger partial charge in [0.15, 0.2) is 17.5 Å². The topological polar surface area (TPSA) is 38.7 Å². The standard InChI is InChI=1S/C49H35N3/c1-49(2)44-22-10-9-21-41(44)42-26-25-40-39-24-23-37(29-38(39)30-43(40)45(42)49)48-51-46(35-19-11-17-33(27-35)31-13-5-3-6-14-31)50-47(52-48)36-20-12-18-34(28-36)32-15-7-4-8-16-32/h3-29H,30H2,1-2H3. The molecular weight excluding hydrogens is 631 g/mol. The molecule has 0 spiro atoms. The summed E-state index contributed by atoms with van der Waals surface area (Å²) in [4.78, 5) is 15.5. The average Bonchev–Trinajstić information content (AvgIpc) is 3.69. The van der Waals surface area contributed by atoms with Crippen molar-refractivity contribution in [1.82, 2.24) is 15.0 Å². The van der Waals surface area contributed by atoms with E-state index < -0.39 is 0 Å². The average molecular weight is 666 g/mol. The first-order valence-corrected chi connectivity index (χ1v) is 18.0. The Morgan fingerprint density at radius 3 is 1.48 bits per heavy atom. The van der Waals surface area contributed by atoms with Crippen LogP contribution in [0.25, 0.3) is 78.7 Å². The van der Waals surface area contributed by atoms with Crippen molar-refractivity contribution >= 4 is 0 Å². The Morgan fingerprint density at radius 1 is 0.385 bits per heavy atom. The zero-order chi connectivity index (χ0) is 34.8. The lowest BCUT2D eigenvalue weighted by Crippen LogP contribution is -2.17. The molecule has 2 aliphatic carbocycles. The summed E-state index contributed by atoms with van der Waals surface area (Å²) in [6, 6.07) is 58.2. The van der Waals surface area contributed by atoms with Crippen LogP contribution in [0.3, 0.4) is 0 Å². The van der Waals surface area contributed by atoms with Crippen molar-refractivity contribution in [2.24, 2.45) is 0 Å². The minimum atomic E-state index is -0.0528. The Bertz CT molecular complexity index is 2570. The first kappa shape index (κ1) is 30.4. The third kappa shape index (κ3) is 4.92. The molecule has 1 heterocycles. The van der Waals surface area contributed by atoms with Crippen molar-refractivity contribution in [3.8, 4) is 78.7 Å². The van der Waals surface area contributed by atoms with Gasteiger partial charge in [0.2, 0.25) is 0 Å². The van der Waals surface area contributed by atoms with Crippen LogP contribution in [0.15, 0.2) is 164 Å². The minimum Gasteiger partial charge on any atom is -0.208 e. The van der Waals surface area contributed by atoms with Crippen molar-refractivity contribution in [2.75, 3.05) is 0 Å². The summed E-state index contributed by atoms with van der Waals surface area (Å²) >= 11 is 0. The number of aromatic nitrogens is 3. The molecule has 3 heteroatoms. The van der Waals surface area contributed by atoms with Crippen LogP contribution in [0.2, 0.25) is 0 Å². The second-order valence-corrected chi connectivity index (χ2v) is 14.4. The quantitative estimate of drug-likeness (QED) is 0.184. The molecule has 0 radical (unpaired) electrons. The highest BCUT2D eigenvalue weighted by atomic mass is 15.0. The van der Waals surface area contributed by atoms with Gasteiger partial charge in [0.25, 0.3) is 0 Å². The number of hydrogen-bond donors (Lipinski definition) is 0. The lowest BCUT2D eigenvalue weighted by molar-refractivity contribution is 0.654. The normalized spacial score (nSPS) is 13.3. The van der Waals surface area contributed by atoms with Crippen molar-refractivity contribution in [3.05, 3.63) is 186 Å². The monoisotopic (exact) mass is 665 g/mol. The van der Waals surface area contributed by atoms with E-state index in [0.717, 1.165) is 45.4 Å². The summed E-state index contributed by atoms with van der Waals surface area (Å²) in [5.41, 5.74) is 18.4. The first-order valence-electron chi connectivity index (χ1n) is 18.0. The Balaban J connectivity index is 1.09. The number of benzene rings is 7. The molecule has 8 aromatic rings. The van der Waals surface area contributed by atoms with Crippen LogP contribution in [-0.2, 0) is 11.8 Å². The van der Waals surface area contributed by atoms with Crippen LogP contribution in [0.4, 0.5) is 0 Å². The highest BCUT2D eigenvalue weighted by Gasteiger charge is 2.39. The summed E-state index contributed by atoms with van der Waals surface area (Å²) in [7, 11) is 0. The Morgan fingerprint density at radius 2 is 0.865 bits per heavy atom. The van der Waals surface area contributed by atoms with Gasteiger partial charge in [-0.2, -0.15) is 0 Å². The van der Waals surface area contributed by atoms with E-state index in [4.69, 9.17) is 15.0 Å². The van der Waals surface area contributed by atoms with Gasteiger partial charge in [-0.25, -0.2) is 15.0 Å². The number of fused-ring (bicyclic) bond motifs is 7. The molecule has 0 fully saturated rings. The van der Waals surface area contributed by atoms with Gasteiger partial charge >= 0.3 is 0 Å². The van der Waals surface area contributed by atoms with Crippen molar-refractivity contribution < 1.29 is 0 Å². The Kier molecular flexibility index (Phi) is 6.91. The summed E-state index contributed by atoms with van der Waals surface area (Å²) < 4.78 is 0. The highest BCUT2D eigenvalue weighted by molar-refractivity contribution is 5.90. The first-order chi connectivity index (χ1) is 25.5. The van der Waals surface area contributed by atoms with E-state index in [2.05, 4.69) is 166 Å². The molecule has 7 aromatic carbocycles. The molecule has 0 unspecified atom stereocenters.